The lowest BCUT2D eigenvalue weighted by molar-refractivity contribution is 0.496. The summed E-state index contributed by atoms with van der Waals surface area (Å²) in [5.74, 6) is 0. The summed E-state index contributed by atoms with van der Waals surface area (Å²) in [6.45, 7) is 10.9. The summed E-state index contributed by atoms with van der Waals surface area (Å²) in [5.41, 5.74) is 2.50. The molecule has 0 saturated carbocycles. The molecule has 2 atom stereocenters. The molecule has 2 saturated heterocycles. The van der Waals surface area contributed by atoms with Crippen molar-refractivity contribution < 1.29 is 0 Å². The zero-order valence-corrected chi connectivity index (χ0v) is 12.5. The van der Waals surface area contributed by atoms with Gasteiger partial charge in [-0.1, -0.05) is 0 Å². The van der Waals surface area contributed by atoms with Crippen molar-refractivity contribution >= 4 is 11.4 Å². The number of anilines is 2. The fraction of sp³-hybridized carbons (Fsp3) is 0.667. The van der Waals surface area contributed by atoms with Gasteiger partial charge in [0.2, 0.25) is 0 Å². The summed E-state index contributed by atoms with van der Waals surface area (Å²) in [4.78, 5) is 9.40. The molecule has 110 valence electrons. The van der Waals surface area contributed by atoms with Crippen LogP contribution in [0.15, 0.2) is 18.5 Å². The van der Waals surface area contributed by atoms with Crippen LogP contribution in [0.1, 0.15) is 13.8 Å². The van der Waals surface area contributed by atoms with E-state index in [1.54, 1.807) is 0 Å². The number of nitrogens with zero attached hydrogens (tertiary/aromatic N) is 3. The minimum atomic E-state index is 0.529. The van der Waals surface area contributed by atoms with Crippen molar-refractivity contribution in [3.8, 4) is 0 Å². The third-order valence-electron chi connectivity index (χ3n) is 4.38. The molecular weight excluding hydrogens is 250 g/mol. The molecule has 20 heavy (non-hydrogen) atoms. The van der Waals surface area contributed by atoms with Gasteiger partial charge in [0.05, 0.1) is 23.8 Å². The number of piperazine rings is 2. The van der Waals surface area contributed by atoms with Crippen LogP contribution in [-0.2, 0) is 0 Å². The number of hydrogen-bond donors (Lipinski definition) is 2. The molecule has 0 aliphatic carbocycles. The quantitative estimate of drug-likeness (QED) is 0.831. The fourth-order valence-corrected chi connectivity index (χ4v) is 3.18. The van der Waals surface area contributed by atoms with Gasteiger partial charge in [-0.05, 0) is 19.9 Å². The predicted molar refractivity (Wildman–Crippen MR) is 83.6 cm³/mol. The second kappa shape index (κ2) is 5.97. The first-order valence-corrected chi connectivity index (χ1v) is 7.65. The fourth-order valence-electron chi connectivity index (χ4n) is 3.18. The third-order valence-corrected chi connectivity index (χ3v) is 4.38. The number of nitrogens with one attached hydrogen (secondary N) is 2. The molecule has 0 bridgehead atoms. The number of rotatable bonds is 2. The van der Waals surface area contributed by atoms with E-state index in [0.717, 1.165) is 39.3 Å². The van der Waals surface area contributed by atoms with Crippen LogP contribution in [-0.4, -0.2) is 56.3 Å². The number of aromatic nitrogens is 1. The van der Waals surface area contributed by atoms with Gasteiger partial charge < -0.3 is 20.4 Å². The van der Waals surface area contributed by atoms with Gasteiger partial charge in [-0.3, -0.25) is 4.98 Å². The maximum absolute atomic E-state index is 4.48. The summed E-state index contributed by atoms with van der Waals surface area (Å²) in [5, 5.41) is 6.88. The highest BCUT2D eigenvalue weighted by molar-refractivity contribution is 5.58. The normalized spacial score (nSPS) is 27.7. The maximum atomic E-state index is 4.48. The first-order chi connectivity index (χ1) is 9.75. The van der Waals surface area contributed by atoms with E-state index >= 15 is 0 Å². The summed E-state index contributed by atoms with van der Waals surface area (Å²) < 4.78 is 0. The molecule has 0 spiro atoms. The average molecular weight is 275 g/mol. The second-order valence-electron chi connectivity index (χ2n) is 5.89. The Kier molecular flexibility index (Phi) is 4.08. The van der Waals surface area contributed by atoms with Crippen molar-refractivity contribution in [2.75, 3.05) is 49.1 Å². The Labute approximate surface area is 121 Å². The Balaban J connectivity index is 1.81. The molecule has 3 heterocycles. The van der Waals surface area contributed by atoms with Gasteiger partial charge in [-0.25, -0.2) is 0 Å². The van der Waals surface area contributed by atoms with Crippen molar-refractivity contribution in [3.63, 3.8) is 0 Å². The van der Waals surface area contributed by atoms with Gasteiger partial charge in [0.1, 0.15) is 0 Å². The Bertz CT molecular complexity index is 412. The molecule has 0 radical (unpaired) electrons. The standard InChI is InChI=1S/C15H25N5/c1-12-8-16-3-5-19(12)14-7-15(11-18-10-14)20-6-4-17-9-13(20)2/h7,10-13,16-17H,3-6,8-9H2,1-2H3. The van der Waals surface area contributed by atoms with E-state index < -0.39 is 0 Å². The van der Waals surface area contributed by atoms with E-state index in [4.69, 9.17) is 0 Å². The summed E-state index contributed by atoms with van der Waals surface area (Å²) >= 11 is 0. The van der Waals surface area contributed by atoms with Crippen LogP contribution >= 0.6 is 0 Å². The van der Waals surface area contributed by atoms with Gasteiger partial charge in [-0.15, -0.1) is 0 Å². The van der Waals surface area contributed by atoms with E-state index in [-0.39, 0.29) is 0 Å². The summed E-state index contributed by atoms with van der Waals surface area (Å²) in [6.07, 6.45) is 4.00. The van der Waals surface area contributed by atoms with Crippen LogP contribution in [0.5, 0.6) is 0 Å². The minimum absolute atomic E-state index is 0.529. The highest BCUT2D eigenvalue weighted by atomic mass is 15.2. The molecule has 2 aliphatic rings. The lowest BCUT2D eigenvalue weighted by Crippen LogP contribution is -2.51. The van der Waals surface area contributed by atoms with Crippen LogP contribution in [0.2, 0.25) is 0 Å². The molecule has 2 unspecified atom stereocenters. The molecule has 5 heteroatoms. The first kappa shape index (κ1) is 13.6. The average Bonchev–Trinajstić information content (AvgIpc) is 2.48. The van der Waals surface area contributed by atoms with Crippen molar-refractivity contribution in [1.29, 1.82) is 0 Å². The Morgan fingerprint density at radius 3 is 1.90 bits per heavy atom. The molecule has 5 nitrogen and oxygen atoms in total. The van der Waals surface area contributed by atoms with Crippen LogP contribution < -0.4 is 20.4 Å². The van der Waals surface area contributed by atoms with Gasteiger partial charge in [0, 0.05) is 51.4 Å². The summed E-state index contributed by atoms with van der Waals surface area (Å²) in [7, 11) is 0. The zero-order valence-electron chi connectivity index (χ0n) is 12.5. The van der Waals surface area contributed by atoms with Gasteiger partial charge >= 0.3 is 0 Å². The topological polar surface area (TPSA) is 43.4 Å². The summed E-state index contributed by atoms with van der Waals surface area (Å²) in [6, 6.07) is 3.36. The Hall–Kier alpha value is -1.33. The van der Waals surface area contributed by atoms with E-state index in [9.17, 15) is 0 Å². The molecule has 1 aromatic heterocycles. The van der Waals surface area contributed by atoms with E-state index in [0.29, 0.717) is 12.1 Å². The molecule has 2 fully saturated rings. The zero-order chi connectivity index (χ0) is 13.9. The van der Waals surface area contributed by atoms with E-state index in [2.05, 4.69) is 45.3 Å². The lowest BCUT2D eigenvalue weighted by atomic mass is 10.1. The minimum Gasteiger partial charge on any atom is -0.365 e. The molecule has 0 aromatic carbocycles. The smallest absolute Gasteiger partial charge is 0.0576 e. The Morgan fingerprint density at radius 1 is 0.950 bits per heavy atom. The van der Waals surface area contributed by atoms with Crippen molar-refractivity contribution in [1.82, 2.24) is 15.6 Å². The van der Waals surface area contributed by atoms with E-state index in [1.165, 1.54) is 11.4 Å². The number of hydrogen-bond acceptors (Lipinski definition) is 5. The third kappa shape index (κ3) is 2.74. The van der Waals surface area contributed by atoms with Gasteiger partial charge in [0.25, 0.3) is 0 Å². The van der Waals surface area contributed by atoms with E-state index in [1.807, 2.05) is 12.4 Å². The first-order valence-electron chi connectivity index (χ1n) is 7.65. The van der Waals surface area contributed by atoms with Crippen LogP contribution in [0, 0.1) is 0 Å². The molecule has 2 aliphatic heterocycles. The highest BCUT2D eigenvalue weighted by Gasteiger charge is 2.22. The monoisotopic (exact) mass is 275 g/mol. The van der Waals surface area contributed by atoms with Gasteiger partial charge in [-0.2, -0.15) is 0 Å². The number of pyridine rings is 1. The highest BCUT2D eigenvalue weighted by Crippen LogP contribution is 2.25. The van der Waals surface area contributed by atoms with Crippen molar-refractivity contribution in [2.45, 2.75) is 25.9 Å². The van der Waals surface area contributed by atoms with Crippen LogP contribution in [0.4, 0.5) is 11.4 Å². The van der Waals surface area contributed by atoms with Crippen LogP contribution in [0.25, 0.3) is 0 Å². The SMILES string of the molecule is CC1CNCCN1c1cncc(N2CCNCC2C)c1. The molecular formula is C15H25N5. The van der Waals surface area contributed by atoms with Gasteiger partial charge in [0.15, 0.2) is 0 Å². The molecule has 1 aromatic rings. The lowest BCUT2D eigenvalue weighted by Gasteiger charge is -2.38. The molecule has 0 amide bonds. The molecule has 3 rings (SSSR count). The Morgan fingerprint density at radius 2 is 1.45 bits per heavy atom. The molecule has 2 N–H and O–H groups in total. The second-order valence-corrected chi connectivity index (χ2v) is 5.89. The maximum Gasteiger partial charge on any atom is 0.0576 e. The largest absolute Gasteiger partial charge is 0.365 e. The van der Waals surface area contributed by atoms with Crippen molar-refractivity contribution in [2.24, 2.45) is 0 Å². The van der Waals surface area contributed by atoms with Crippen LogP contribution in [0.3, 0.4) is 0 Å². The van der Waals surface area contributed by atoms with Crippen molar-refractivity contribution in [3.05, 3.63) is 18.5 Å². The predicted octanol–water partition coefficient (Wildman–Crippen LogP) is 0.678.